The zero-order valence-electron chi connectivity index (χ0n) is 13.4. The van der Waals surface area contributed by atoms with Crippen LogP contribution >= 0.6 is 0 Å². The van der Waals surface area contributed by atoms with Crippen LogP contribution in [0.4, 0.5) is 0 Å². The summed E-state index contributed by atoms with van der Waals surface area (Å²) < 4.78 is 0. The van der Waals surface area contributed by atoms with E-state index in [1.165, 1.54) is 5.56 Å². The predicted molar refractivity (Wildman–Crippen MR) is 84.3 cm³/mol. The SMILES string of the molecule is CCCN(Cc1ccc(C)cc1)C(=O)[C@@H](N)C(C)(C)C. The predicted octanol–water partition coefficient (Wildman–Crippen LogP) is 3.11. The molecule has 1 atom stereocenters. The molecule has 0 aromatic heterocycles. The Morgan fingerprint density at radius 1 is 1.25 bits per heavy atom. The fourth-order valence-corrected chi connectivity index (χ4v) is 2.02. The lowest BCUT2D eigenvalue weighted by molar-refractivity contribution is -0.135. The van der Waals surface area contributed by atoms with Crippen LogP contribution in [-0.2, 0) is 11.3 Å². The summed E-state index contributed by atoms with van der Waals surface area (Å²) >= 11 is 0. The van der Waals surface area contributed by atoms with Gasteiger partial charge in [-0.25, -0.2) is 0 Å². The molecule has 0 aliphatic rings. The summed E-state index contributed by atoms with van der Waals surface area (Å²) in [7, 11) is 0. The van der Waals surface area contributed by atoms with Crippen LogP contribution in [-0.4, -0.2) is 23.4 Å². The van der Waals surface area contributed by atoms with Crippen molar-refractivity contribution in [1.82, 2.24) is 4.90 Å². The number of amides is 1. The lowest BCUT2D eigenvalue weighted by Gasteiger charge is -2.32. The number of aryl methyl sites for hydroxylation is 1. The summed E-state index contributed by atoms with van der Waals surface area (Å²) in [4.78, 5) is 14.4. The van der Waals surface area contributed by atoms with Crippen LogP contribution in [0.3, 0.4) is 0 Å². The first-order valence-electron chi connectivity index (χ1n) is 7.35. The van der Waals surface area contributed by atoms with E-state index in [9.17, 15) is 4.79 Å². The lowest BCUT2D eigenvalue weighted by atomic mass is 9.86. The Bertz CT molecular complexity index is 431. The van der Waals surface area contributed by atoms with Crippen molar-refractivity contribution in [2.45, 2.75) is 53.6 Å². The molecule has 3 heteroatoms. The second-order valence-corrected chi connectivity index (χ2v) is 6.59. The third kappa shape index (κ3) is 4.64. The minimum absolute atomic E-state index is 0.0416. The average molecular weight is 276 g/mol. The van der Waals surface area contributed by atoms with Crippen LogP contribution in [0.25, 0.3) is 0 Å². The van der Waals surface area contributed by atoms with E-state index in [2.05, 4.69) is 38.1 Å². The molecular weight excluding hydrogens is 248 g/mol. The highest BCUT2D eigenvalue weighted by Crippen LogP contribution is 2.20. The molecule has 0 aliphatic carbocycles. The molecular formula is C17H28N2O. The lowest BCUT2D eigenvalue weighted by Crippen LogP contribution is -2.50. The first-order valence-corrected chi connectivity index (χ1v) is 7.35. The van der Waals surface area contributed by atoms with E-state index in [-0.39, 0.29) is 11.3 Å². The van der Waals surface area contributed by atoms with E-state index in [1.54, 1.807) is 0 Å². The molecule has 0 saturated heterocycles. The van der Waals surface area contributed by atoms with Gasteiger partial charge in [0.05, 0.1) is 6.04 Å². The maximum absolute atomic E-state index is 12.6. The van der Waals surface area contributed by atoms with Crippen LogP contribution in [0.15, 0.2) is 24.3 Å². The van der Waals surface area contributed by atoms with Crippen LogP contribution in [0.1, 0.15) is 45.2 Å². The van der Waals surface area contributed by atoms with Gasteiger partial charge in [-0.1, -0.05) is 57.5 Å². The highest BCUT2D eigenvalue weighted by molar-refractivity contribution is 5.82. The average Bonchev–Trinajstić information content (AvgIpc) is 2.38. The Labute approximate surface area is 123 Å². The van der Waals surface area contributed by atoms with Gasteiger partial charge in [-0.3, -0.25) is 4.79 Å². The van der Waals surface area contributed by atoms with Crippen molar-refractivity contribution in [2.24, 2.45) is 11.1 Å². The van der Waals surface area contributed by atoms with Gasteiger partial charge in [0, 0.05) is 13.1 Å². The first kappa shape index (κ1) is 16.7. The van der Waals surface area contributed by atoms with Crippen molar-refractivity contribution in [3.05, 3.63) is 35.4 Å². The third-order valence-corrected chi connectivity index (χ3v) is 3.50. The Kier molecular flexibility index (Phi) is 5.75. The fourth-order valence-electron chi connectivity index (χ4n) is 2.02. The van der Waals surface area contributed by atoms with E-state index >= 15 is 0 Å². The van der Waals surface area contributed by atoms with Crippen LogP contribution in [0.5, 0.6) is 0 Å². The fraction of sp³-hybridized carbons (Fsp3) is 0.588. The molecule has 0 spiro atoms. The summed E-state index contributed by atoms with van der Waals surface area (Å²) in [6.07, 6.45) is 0.939. The Morgan fingerprint density at radius 2 is 1.80 bits per heavy atom. The third-order valence-electron chi connectivity index (χ3n) is 3.50. The zero-order valence-corrected chi connectivity index (χ0v) is 13.4. The van der Waals surface area contributed by atoms with Gasteiger partial charge in [0.25, 0.3) is 0 Å². The Morgan fingerprint density at radius 3 is 2.25 bits per heavy atom. The molecule has 1 aromatic carbocycles. The number of nitrogens with two attached hydrogens (primary N) is 1. The van der Waals surface area contributed by atoms with Gasteiger partial charge in [-0.15, -0.1) is 0 Å². The quantitative estimate of drug-likeness (QED) is 0.898. The maximum atomic E-state index is 12.6. The molecule has 2 N–H and O–H groups in total. The molecule has 0 bridgehead atoms. The van der Waals surface area contributed by atoms with Crippen molar-refractivity contribution < 1.29 is 4.79 Å². The van der Waals surface area contributed by atoms with Crippen LogP contribution < -0.4 is 5.73 Å². The van der Waals surface area contributed by atoms with Gasteiger partial charge in [0.2, 0.25) is 5.91 Å². The number of hydrogen-bond acceptors (Lipinski definition) is 2. The summed E-state index contributed by atoms with van der Waals surface area (Å²) in [6, 6.07) is 7.85. The van der Waals surface area contributed by atoms with Crippen molar-refractivity contribution in [2.75, 3.05) is 6.54 Å². The molecule has 1 amide bonds. The molecule has 0 heterocycles. The summed E-state index contributed by atoms with van der Waals surface area (Å²) in [6.45, 7) is 11.5. The number of nitrogens with zero attached hydrogens (tertiary/aromatic N) is 1. The highest BCUT2D eigenvalue weighted by atomic mass is 16.2. The molecule has 0 radical (unpaired) electrons. The van der Waals surface area contributed by atoms with E-state index < -0.39 is 6.04 Å². The van der Waals surface area contributed by atoms with E-state index in [0.29, 0.717) is 6.54 Å². The van der Waals surface area contributed by atoms with Gasteiger partial charge < -0.3 is 10.6 Å². The Hall–Kier alpha value is -1.35. The van der Waals surface area contributed by atoms with Gasteiger partial charge in [0.1, 0.15) is 0 Å². The van der Waals surface area contributed by atoms with Gasteiger partial charge in [-0.05, 0) is 24.3 Å². The standard InChI is InChI=1S/C17H28N2O/c1-6-11-19(16(20)15(18)17(3,4)5)12-14-9-7-13(2)8-10-14/h7-10,15H,6,11-12,18H2,1-5H3/t15-/m1/s1. The van der Waals surface area contributed by atoms with E-state index in [4.69, 9.17) is 5.73 Å². The van der Waals surface area contributed by atoms with Gasteiger partial charge in [-0.2, -0.15) is 0 Å². The molecule has 1 rings (SSSR count). The molecule has 0 fully saturated rings. The van der Waals surface area contributed by atoms with Crippen molar-refractivity contribution in [1.29, 1.82) is 0 Å². The smallest absolute Gasteiger partial charge is 0.240 e. The van der Waals surface area contributed by atoms with Crippen LogP contribution in [0, 0.1) is 12.3 Å². The first-order chi connectivity index (χ1) is 9.25. The van der Waals surface area contributed by atoms with E-state index in [0.717, 1.165) is 18.5 Å². The molecule has 0 saturated carbocycles. The van der Waals surface area contributed by atoms with Gasteiger partial charge >= 0.3 is 0 Å². The highest BCUT2D eigenvalue weighted by Gasteiger charge is 2.30. The van der Waals surface area contributed by atoms with Crippen molar-refractivity contribution in [3.8, 4) is 0 Å². The molecule has 1 aromatic rings. The minimum atomic E-state index is -0.459. The van der Waals surface area contributed by atoms with Crippen LogP contribution in [0.2, 0.25) is 0 Å². The number of benzene rings is 1. The monoisotopic (exact) mass is 276 g/mol. The molecule has 3 nitrogen and oxygen atoms in total. The summed E-state index contributed by atoms with van der Waals surface area (Å²) in [5, 5.41) is 0. The molecule has 20 heavy (non-hydrogen) atoms. The molecule has 0 unspecified atom stereocenters. The largest absolute Gasteiger partial charge is 0.337 e. The molecule has 112 valence electrons. The number of carbonyl (C=O) groups is 1. The normalized spacial score (nSPS) is 13.1. The van der Waals surface area contributed by atoms with Crippen molar-refractivity contribution in [3.63, 3.8) is 0 Å². The van der Waals surface area contributed by atoms with Crippen molar-refractivity contribution >= 4 is 5.91 Å². The number of hydrogen-bond donors (Lipinski definition) is 1. The number of rotatable bonds is 5. The number of carbonyl (C=O) groups excluding carboxylic acids is 1. The summed E-state index contributed by atoms with van der Waals surface area (Å²) in [5.74, 6) is 0.0416. The second kappa shape index (κ2) is 6.89. The zero-order chi connectivity index (χ0) is 15.3. The minimum Gasteiger partial charge on any atom is -0.337 e. The Balaban J connectivity index is 2.83. The van der Waals surface area contributed by atoms with E-state index in [1.807, 2.05) is 25.7 Å². The molecule has 0 aliphatic heterocycles. The second-order valence-electron chi connectivity index (χ2n) is 6.59. The van der Waals surface area contributed by atoms with Gasteiger partial charge in [0.15, 0.2) is 0 Å². The topological polar surface area (TPSA) is 46.3 Å². The maximum Gasteiger partial charge on any atom is 0.240 e. The summed E-state index contributed by atoms with van der Waals surface area (Å²) in [5.41, 5.74) is 8.28.